The van der Waals surface area contributed by atoms with Crippen LogP contribution in [0.2, 0.25) is 0 Å². The van der Waals surface area contributed by atoms with E-state index in [1.54, 1.807) is 28.9 Å². The zero-order valence-electron chi connectivity index (χ0n) is 14.0. The van der Waals surface area contributed by atoms with Crippen molar-refractivity contribution in [2.75, 3.05) is 10.6 Å². The summed E-state index contributed by atoms with van der Waals surface area (Å²) in [6.07, 6.45) is 0. The molecule has 0 aliphatic heterocycles. The molecule has 26 heavy (non-hydrogen) atoms. The lowest BCUT2D eigenvalue weighted by Gasteiger charge is -2.10. The Morgan fingerprint density at radius 3 is 2.35 bits per heavy atom. The van der Waals surface area contributed by atoms with Crippen molar-refractivity contribution in [3.05, 3.63) is 70.0 Å². The number of rotatable bonds is 3. The number of carbonyl (C=O) groups is 1. The predicted molar refractivity (Wildman–Crippen MR) is 99.7 cm³/mol. The quantitative estimate of drug-likeness (QED) is 0.613. The molecule has 8 heteroatoms. The van der Waals surface area contributed by atoms with Gasteiger partial charge in [0.1, 0.15) is 11.6 Å². The van der Waals surface area contributed by atoms with E-state index in [0.29, 0.717) is 11.8 Å². The zero-order valence-corrected chi connectivity index (χ0v) is 15.6. The van der Waals surface area contributed by atoms with E-state index in [9.17, 15) is 13.6 Å². The second-order valence-electron chi connectivity index (χ2n) is 5.65. The fourth-order valence-electron chi connectivity index (χ4n) is 2.44. The highest BCUT2D eigenvalue weighted by Crippen LogP contribution is 2.23. The highest BCUT2D eigenvalue weighted by molar-refractivity contribution is 9.10. The fourth-order valence-corrected chi connectivity index (χ4v) is 2.68. The van der Waals surface area contributed by atoms with E-state index in [1.165, 1.54) is 0 Å². The molecule has 2 amide bonds. The molecule has 3 rings (SSSR count). The van der Waals surface area contributed by atoms with Gasteiger partial charge in [-0.2, -0.15) is 5.10 Å². The summed E-state index contributed by atoms with van der Waals surface area (Å²) in [5, 5.41) is 9.37. The Labute approximate surface area is 157 Å². The highest BCUT2D eigenvalue weighted by Gasteiger charge is 2.11. The third-order valence-corrected chi connectivity index (χ3v) is 4.90. The van der Waals surface area contributed by atoms with Crippen LogP contribution in [-0.4, -0.2) is 15.8 Å². The molecular weight excluding hydrogens is 406 g/mol. The van der Waals surface area contributed by atoms with Crippen LogP contribution in [0.25, 0.3) is 5.69 Å². The number of urea groups is 1. The minimum absolute atomic E-state index is 0.104. The van der Waals surface area contributed by atoms with Crippen molar-refractivity contribution >= 4 is 33.3 Å². The van der Waals surface area contributed by atoms with E-state index in [1.807, 2.05) is 13.8 Å². The number of carbonyl (C=O) groups excluding carboxylic acids is 1. The van der Waals surface area contributed by atoms with E-state index < -0.39 is 17.7 Å². The topological polar surface area (TPSA) is 59.0 Å². The summed E-state index contributed by atoms with van der Waals surface area (Å²) in [7, 11) is 0. The van der Waals surface area contributed by atoms with Crippen LogP contribution in [0, 0.1) is 25.5 Å². The molecule has 0 aliphatic rings. The lowest BCUT2D eigenvalue weighted by Crippen LogP contribution is -2.20. The van der Waals surface area contributed by atoms with Crippen LogP contribution < -0.4 is 10.6 Å². The molecule has 0 bridgehead atoms. The lowest BCUT2D eigenvalue weighted by molar-refractivity contribution is 0.262. The number of benzene rings is 2. The fraction of sp³-hybridized carbons (Fsp3) is 0.111. The van der Waals surface area contributed by atoms with E-state index in [0.717, 1.165) is 33.7 Å². The van der Waals surface area contributed by atoms with Crippen LogP contribution in [0.15, 0.2) is 46.9 Å². The van der Waals surface area contributed by atoms with Crippen LogP contribution >= 0.6 is 15.9 Å². The van der Waals surface area contributed by atoms with Crippen LogP contribution in [0.3, 0.4) is 0 Å². The van der Waals surface area contributed by atoms with Gasteiger partial charge >= 0.3 is 6.03 Å². The van der Waals surface area contributed by atoms with Gasteiger partial charge in [0.2, 0.25) is 0 Å². The second kappa shape index (κ2) is 7.25. The highest BCUT2D eigenvalue weighted by atomic mass is 79.9. The van der Waals surface area contributed by atoms with Gasteiger partial charge in [0.15, 0.2) is 0 Å². The maximum atomic E-state index is 13.6. The molecule has 0 atom stereocenters. The molecule has 0 aliphatic carbocycles. The molecule has 5 nitrogen and oxygen atoms in total. The lowest BCUT2D eigenvalue weighted by atomic mass is 10.2. The van der Waals surface area contributed by atoms with Gasteiger partial charge in [0.05, 0.1) is 27.2 Å². The standard InChI is InChI=1S/C18H15BrF2N4O/c1-10-17(19)11(2)25(24-10)14-6-4-13(5-7-14)22-18(26)23-16-8-3-12(20)9-15(16)21/h3-9H,1-2H3,(H2,22,23,26). The molecule has 0 saturated carbocycles. The monoisotopic (exact) mass is 420 g/mol. The van der Waals surface area contributed by atoms with Crippen LogP contribution in [0.1, 0.15) is 11.4 Å². The molecule has 2 aromatic carbocycles. The van der Waals surface area contributed by atoms with Gasteiger partial charge in [-0.25, -0.2) is 18.3 Å². The van der Waals surface area contributed by atoms with Gasteiger partial charge in [-0.15, -0.1) is 0 Å². The number of hydrogen-bond acceptors (Lipinski definition) is 2. The summed E-state index contributed by atoms with van der Waals surface area (Å²) in [5.74, 6) is -1.55. The zero-order chi connectivity index (χ0) is 18.8. The summed E-state index contributed by atoms with van der Waals surface area (Å²) < 4.78 is 29.2. The van der Waals surface area contributed by atoms with Crippen LogP contribution in [-0.2, 0) is 0 Å². The first kappa shape index (κ1) is 18.1. The summed E-state index contributed by atoms with van der Waals surface area (Å²) >= 11 is 3.48. The third kappa shape index (κ3) is 3.75. The van der Waals surface area contributed by atoms with Gasteiger partial charge in [-0.05, 0) is 66.2 Å². The molecule has 2 N–H and O–H groups in total. The minimum Gasteiger partial charge on any atom is -0.308 e. The number of anilines is 2. The number of hydrogen-bond donors (Lipinski definition) is 2. The van der Waals surface area contributed by atoms with Gasteiger partial charge in [-0.1, -0.05) is 0 Å². The number of aromatic nitrogens is 2. The Kier molecular flexibility index (Phi) is 5.03. The van der Waals surface area contributed by atoms with E-state index in [-0.39, 0.29) is 5.69 Å². The Hall–Kier alpha value is -2.74. The maximum Gasteiger partial charge on any atom is 0.323 e. The SMILES string of the molecule is Cc1nn(-c2ccc(NC(=O)Nc3ccc(F)cc3F)cc2)c(C)c1Br. The Balaban J connectivity index is 1.71. The summed E-state index contributed by atoms with van der Waals surface area (Å²) in [4.78, 5) is 12.0. The normalized spacial score (nSPS) is 10.7. The summed E-state index contributed by atoms with van der Waals surface area (Å²) in [5.41, 5.74) is 3.10. The second-order valence-corrected chi connectivity index (χ2v) is 6.44. The number of nitrogens with zero attached hydrogens (tertiary/aromatic N) is 2. The number of nitrogens with one attached hydrogen (secondary N) is 2. The number of aryl methyl sites for hydroxylation is 1. The van der Waals surface area contributed by atoms with E-state index in [4.69, 9.17) is 0 Å². The van der Waals surface area contributed by atoms with Gasteiger partial charge in [0, 0.05) is 11.8 Å². The van der Waals surface area contributed by atoms with Crippen molar-refractivity contribution in [2.45, 2.75) is 13.8 Å². The average Bonchev–Trinajstić information content (AvgIpc) is 2.86. The first-order chi connectivity index (χ1) is 12.3. The number of halogens is 3. The molecule has 0 spiro atoms. The summed E-state index contributed by atoms with van der Waals surface area (Å²) in [6, 6.07) is 9.34. The van der Waals surface area contributed by atoms with E-state index >= 15 is 0 Å². The van der Waals surface area contributed by atoms with Crippen molar-refractivity contribution in [2.24, 2.45) is 0 Å². The largest absolute Gasteiger partial charge is 0.323 e. The Morgan fingerprint density at radius 2 is 1.77 bits per heavy atom. The molecule has 3 aromatic rings. The molecule has 0 fully saturated rings. The molecule has 0 unspecified atom stereocenters. The molecule has 1 aromatic heterocycles. The average molecular weight is 421 g/mol. The van der Waals surface area contributed by atoms with Crippen molar-refractivity contribution in [3.63, 3.8) is 0 Å². The van der Waals surface area contributed by atoms with Gasteiger partial charge in [-0.3, -0.25) is 0 Å². The predicted octanol–water partition coefficient (Wildman–Crippen LogP) is 5.17. The van der Waals surface area contributed by atoms with Crippen molar-refractivity contribution in [1.29, 1.82) is 0 Å². The smallest absolute Gasteiger partial charge is 0.308 e. The van der Waals surface area contributed by atoms with E-state index in [2.05, 4.69) is 31.7 Å². The van der Waals surface area contributed by atoms with Crippen LogP contribution in [0.4, 0.5) is 25.0 Å². The Bertz CT molecular complexity index is 970. The molecule has 1 heterocycles. The summed E-state index contributed by atoms with van der Waals surface area (Å²) in [6.45, 7) is 3.85. The van der Waals surface area contributed by atoms with Crippen molar-refractivity contribution < 1.29 is 13.6 Å². The van der Waals surface area contributed by atoms with Crippen molar-refractivity contribution in [1.82, 2.24) is 9.78 Å². The molecule has 134 valence electrons. The molecule has 0 radical (unpaired) electrons. The van der Waals surface area contributed by atoms with Gasteiger partial charge in [0.25, 0.3) is 0 Å². The third-order valence-electron chi connectivity index (χ3n) is 3.75. The maximum absolute atomic E-state index is 13.6. The minimum atomic E-state index is -0.842. The van der Waals surface area contributed by atoms with Gasteiger partial charge < -0.3 is 10.6 Å². The van der Waals surface area contributed by atoms with Crippen molar-refractivity contribution in [3.8, 4) is 5.69 Å². The first-order valence-corrected chi connectivity index (χ1v) is 8.49. The van der Waals surface area contributed by atoms with Crippen LogP contribution in [0.5, 0.6) is 0 Å². The first-order valence-electron chi connectivity index (χ1n) is 7.70. The molecular formula is C18H15BrF2N4O. The Morgan fingerprint density at radius 1 is 1.08 bits per heavy atom. The number of amides is 2. The molecule has 0 saturated heterocycles.